The van der Waals surface area contributed by atoms with Crippen molar-refractivity contribution < 1.29 is 9.47 Å². The molecule has 20 heavy (non-hydrogen) atoms. The molecule has 1 N–H and O–H groups in total. The molecule has 0 atom stereocenters. The Morgan fingerprint density at radius 2 is 2.05 bits per heavy atom. The predicted octanol–water partition coefficient (Wildman–Crippen LogP) is 2.58. The summed E-state index contributed by atoms with van der Waals surface area (Å²) < 4.78 is 10.5. The number of rotatable bonds is 5. The zero-order valence-corrected chi connectivity index (χ0v) is 11.4. The SMILES string of the molecule is COc1ccc(CNc2cc(C#N)ccn2)c(OC)c1. The molecule has 0 spiro atoms. The largest absolute Gasteiger partial charge is 0.497 e. The van der Waals surface area contributed by atoms with Gasteiger partial charge in [-0.1, -0.05) is 0 Å². The lowest BCUT2D eigenvalue weighted by atomic mass is 10.2. The van der Waals surface area contributed by atoms with E-state index in [0.29, 0.717) is 17.9 Å². The van der Waals surface area contributed by atoms with Gasteiger partial charge in [-0.05, 0) is 24.3 Å². The number of nitrogens with one attached hydrogen (secondary N) is 1. The number of nitriles is 1. The predicted molar refractivity (Wildman–Crippen MR) is 75.8 cm³/mol. The number of aromatic nitrogens is 1. The molecule has 0 radical (unpaired) electrons. The van der Waals surface area contributed by atoms with E-state index < -0.39 is 0 Å². The van der Waals surface area contributed by atoms with Gasteiger partial charge >= 0.3 is 0 Å². The van der Waals surface area contributed by atoms with Crippen molar-refractivity contribution in [1.29, 1.82) is 5.26 Å². The van der Waals surface area contributed by atoms with Gasteiger partial charge in [0.25, 0.3) is 0 Å². The molecule has 5 nitrogen and oxygen atoms in total. The van der Waals surface area contributed by atoms with Gasteiger partial charge in [0, 0.05) is 24.4 Å². The number of hydrogen-bond acceptors (Lipinski definition) is 5. The Kier molecular flexibility index (Phi) is 4.40. The first kappa shape index (κ1) is 13.7. The number of nitrogens with zero attached hydrogens (tertiary/aromatic N) is 2. The molecule has 0 aliphatic heterocycles. The summed E-state index contributed by atoms with van der Waals surface area (Å²) in [5.74, 6) is 2.14. The first-order valence-electron chi connectivity index (χ1n) is 6.07. The lowest BCUT2D eigenvalue weighted by Crippen LogP contribution is -2.03. The maximum absolute atomic E-state index is 8.85. The van der Waals surface area contributed by atoms with Gasteiger partial charge < -0.3 is 14.8 Å². The fourth-order valence-electron chi connectivity index (χ4n) is 1.78. The maximum atomic E-state index is 8.85. The zero-order chi connectivity index (χ0) is 14.4. The van der Waals surface area contributed by atoms with Crippen LogP contribution in [0.2, 0.25) is 0 Å². The van der Waals surface area contributed by atoms with Crippen LogP contribution in [0.25, 0.3) is 0 Å². The fourth-order valence-corrected chi connectivity index (χ4v) is 1.78. The number of ether oxygens (including phenoxy) is 2. The second kappa shape index (κ2) is 6.43. The molecule has 102 valence electrons. The molecule has 2 aromatic rings. The Bertz CT molecular complexity index is 635. The van der Waals surface area contributed by atoms with Gasteiger partial charge in [-0.2, -0.15) is 5.26 Å². The topological polar surface area (TPSA) is 67.2 Å². The number of pyridine rings is 1. The Morgan fingerprint density at radius 1 is 1.20 bits per heavy atom. The number of methoxy groups -OCH3 is 2. The average Bonchev–Trinajstić information content (AvgIpc) is 2.52. The molecule has 0 saturated carbocycles. The molecule has 0 aliphatic carbocycles. The van der Waals surface area contributed by atoms with Crippen LogP contribution < -0.4 is 14.8 Å². The van der Waals surface area contributed by atoms with Crippen molar-refractivity contribution in [2.45, 2.75) is 6.54 Å². The number of hydrogen-bond donors (Lipinski definition) is 1. The summed E-state index contributed by atoms with van der Waals surface area (Å²) in [5.41, 5.74) is 1.56. The van der Waals surface area contributed by atoms with Crippen molar-refractivity contribution in [3.05, 3.63) is 47.7 Å². The molecule has 1 aromatic carbocycles. The third kappa shape index (κ3) is 3.18. The molecule has 0 fully saturated rings. The van der Waals surface area contributed by atoms with E-state index in [1.165, 1.54) is 0 Å². The summed E-state index contributed by atoms with van der Waals surface area (Å²) in [6.45, 7) is 0.551. The standard InChI is InChI=1S/C15H15N3O2/c1-19-13-4-3-12(14(8-13)20-2)10-18-15-7-11(9-16)5-6-17-15/h3-8H,10H2,1-2H3,(H,17,18). The Labute approximate surface area is 117 Å². The van der Waals surface area contributed by atoms with Gasteiger partial charge in [0.2, 0.25) is 0 Å². The smallest absolute Gasteiger partial charge is 0.127 e. The monoisotopic (exact) mass is 269 g/mol. The molecule has 1 heterocycles. The summed E-state index contributed by atoms with van der Waals surface area (Å²) in [5, 5.41) is 12.0. The van der Waals surface area contributed by atoms with Crippen LogP contribution in [0.4, 0.5) is 5.82 Å². The van der Waals surface area contributed by atoms with Gasteiger partial charge in [-0.15, -0.1) is 0 Å². The van der Waals surface area contributed by atoms with Crippen LogP contribution in [0.5, 0.6) is 11.5 Å². The molecular weight excluding hydrogens is 254 g/mol. The van der Waals surface area contributed by atoms with Crippen molar-refractivity contribution >= 4 is 5.82 Å². The highest BCUT2D eigenvalue weighted by molar-refractivity contribution is 5.46. The van der Waals surface area contributed by atoms with E-state index in [1.54, 1.807) is 32.5 Å². The molecule has 0 bridgehead atoms. The van der Waals surface area contributed by atoms with Crippen LogP contribution in [-0.2, 0) is 6.54 Å². The molecule has 5 heteroatoms. The van der Waals surface area contributed by atoms with Crippen LogP contribution in [0.15, 0.2) is 36.5 Å². The minimum absolute atomic E-state index is 0.551. The summed E-state index contributed by atoms with van der Waals surface area (Å²) in [6, 6.07) is 11.1. The van der Waals surface area contributed by atoms with Crippen molar-refractivity contribution in [2.24, 2.45) is 0 Å². The average molecular weight is 269 g/mol. The quantitative estimate of drug-likeness (QED) is 0.903. The highest BCUT2D eigenvalue weighted by Gasteiger charge is 2.05. The zero-order valence-electron chi connectivity index (χ0n) is 11.4. The Balaban J connectivity index is 2.12. The molecular formula is C15H15N3O2. The molecule has 1 aromatic heterocycles. The lowest BCUT2D eigenvalue weighted by molar-refractivity contribution is 0.391. The van der Waals surface area contributed by atoms with Crippen LogP contribution >= 0.6 is 0 Å². The number of anilines is 1. The summed E-state index contributed by atoms with van der Waals surface area (Å²) in [4.78, 5) is 4.16. The minimum Gasteiger partial charge on any atom is -0.497 e. The molecule has 0 unspecified atom stereocenters. The highest BCUT2D eigenvalue weighted by atomic mass is 16.5. The van der Waals surface area contributed by atoms with Crippen molar-refractivity contribution in [2.75, 3.05) is 19.5 Å². The maximum Gasteiger partial charge on any atom is 0.127 e. The first-order valence-corrected chi connectivity index (χ1v) is 6.07. The summed E-state index contributed by atoms with van der Waals surface area (Å²) in [6.07, 6.45) is 1.60. The van der Waals surface area contributed by atoms with Crippen molar-refractivity contribution in [3.63, 3.8) is 0 Å². The third-order valence-corrected chi connectivity index (χ3v) is 2.84. The highest BCUT2D eigenvalue weighted by Crippen LogP contribution is 2.25. The van der Waals surface area contributed by atoms with Gasteiger partial charge in [0.1, 0.15) is 17.3 Å². The van der Waals surface area contributed by atoms with E-state index in [2.05, 4.69) is 16.4 Å². The third-order valence-electron chi connectivity index (χ3n) is 2.84. The van der Waals surface area contributed by atoms with E-state index in [1.807, 2.05) is 18.2 Å². The molecule has 2 rings (SSSR count). The molecule has 0 aliphatic rings. The first-order chi connectivity index (χ1) is 9.76. The van der Waals surface area contributed by atoms with E-state index in [-0.39, 0.29) is 0 Å². The van der Waals surface area contributed by atoms with Crippen LogP contribution in [0.1, 0.15) is 11.1 Å². The van der Waals surface area contributed by atoms with Crippen LogP contribution in [0.3, 0.4) is 0 Å². The number of benzene rings is 1. The molecule has 0 amide bonds. The Hall–Kier alpha value is -2.74. The van der Waals surface area contributed by atoms with Crippen LogP contribution in [-0.4, -0.2) is 19.2 Å². The van der Waals surface area contributed by atoms with Crippen LogP contribution in [0, 0.1) is 11.3 Å². The van der Waals surface area contributed by atoms with E-state index >= 15 is 0 Å². The van der Waals surface area contributed by atoms with Crippen molar-refractivity contribution in [1.82, 2.24) is 4.98 Å². The van der Waals surface area contributed by atoms with E-state index in [9.17, 15) is 0 Å². The normalized spacial score (nSPS) is 9.65. The van der Waals surface area contributed by atoms with Gasteiger partial charge in [-0.25, -0.2) is 4.98 Å². The van der Waals surface area contributed by atoms with Gasteiger partial charge in [-0.3, -0.25) is 0 Å². The minimum atomic E-state index is 0.551. The fraction of sp³-hybridized carbons (Fsp3) is 0.200. The summed E-state index contributed by atoms with van der Waals surface area (Å²) in [7, 11) is 3.23. The van der Waals surface area contributed by atoms with Crippen molar-refractivity contribution in [3.8, 4) is 17.6 Å². The summed E-state index contributed by atoms with van der Waals surface area (Å²) >= 11 is 0. The molecule has 0 saturated heterocycles. The van der Waals surface area contributed by atoms with Gasteiger partial charge in [0.15, 0.2) is 0 Å². The second-order valence-corrected chi connectivity index (χ2v) is 4.07. The Morgan fingerprint density at radius 3 is 2.75 bits per heavy atom. The van der Waals surface area contributed by atoms with E-state index in [0.717, 1.165) is 17.1 Å². The second-order valence-electron chi connectivity index (χ2n) is 4.07. The lowest BCUT2D eigenvalue weighted by Gasteiger charge is -2.11. The van der Waals surface area contributed by atoms with E-state index in [4.69, 9.17) is 14.7 Å². The van der Waals surface area contributed by atoms with Gasteiger partial charge in [0.05, 0.1) is 25.9 Å².